The SMILES string of the molecule is COc1ccc2[nH]c(=S)n(-c3cc(Br)c(F)cc3C)c2c1. The van der Waals surface area contributed by atoms with E-state index in [-0.39, 0.29) is 5.82 Å². The Bertz CT molecular complexity index is 901. The number of nitrogens with zero attached hydrogens (tertiary/aromatic N) is 1. The zero-order valence-electron chi connectivity index (χ0n) is 11.4. The maximum atomic E-state index is 13.6. The Morgan fingerprint density at radius 2 is 2.05 bits per heavy atom. The molecule has 0 saturated carbocycles. The van der Waals surface area contributed by atoms with Gasteiger partial charge in [0.05, 0.1) is 28.3 Å². The van der Waals surface area contributed by atoms with Crippen LogP contribution in [-0.2, 0) is 0 Å². The first-order chi connectivity index (χ1) is 10.0. The number of hydrogen-bond acceptors (Lipinski definition) is 2. The van der Waals surface area contributed by atoms with Crippen molar-refractivity contribution in [2.75, 3.05) is 7.11 Å². The van der Waals surface area contributed by atoms with Crippen LogP contribution in [0.25, 0.3) is 16.7 Å². The number of methoxy groups -OCH3 is 1. The topological polar surface area (TPSA) is 29.9 Å². The van der Waals surface area contributed by atoms with Crippen LogP contribution in [-0.4, -0.2) is 16.7 Å². The molecule has 0 spiro atoms. The van der Waals surface area contributed by atoms with E-state index in [1.165, 1.54) is 6.07 Å². The Hall–Kier alpha value is -1.66. The van der Waals surface area contributed by atoms with E-state index in [9.17, 15) is 4.39 Å². The molecule has 3 aromatic rings. The van der Waals surface area contributed by atoms with Gasteiger partial charge in [0.1, 0.15) is 11.6 Å². The van der Waals surface area contributed by atoms with Crippen molar-refractivity contribution in [2.24, 2.45) is 0 Å². The highest BCUT2D eigenvalue weighted by Crippen LogP contribution is 2.28. The van der Waals surface area contributed by atoms with E-state index in [0.717, 1.165) is 28.0 Å². The fourth-order valence-electron chi connectivity index (χ4n) is 2.33. The summed E-state index contributed by atoms with van der Waals surface area (Å²) in [5.74, 6) is 0.448. The van der Waals surface area contributed by atoms with Crippen LogP contribution in [0, 0.1) is 17.5 Å². The van der Waals surface area contributed by atoms with Crippen LogP contribution in [0.1, 0.15) is 5.56 Å². The predicted molar refractivity (Wildman–Crippen MR) is 87.4 cm³/mol. The van der Waals surface area contributed by atoms with Crippen LogP contribution in [0.5, 0.6) is 5.75 Å². The third kappa shape index (κ3) is 2.38. The quantitative estimate of drug-likeness (QED) is 0.653. The van der Waals surface area contributed by atoms with Gasteiger partial charge in [-0.05, 0) is 64.9 Å². The molecule has 2 aromatic carbocycles. The number of fused-ring (bicyclic) bond motifs is 1. The maximum absolute atomic E-state index is 13.6. The number of imidazole rings is 1. The highest BCUT2D eigenvalue weighted by atomic mass is 79.9. The minimum absolute atomic E-state index is 0.291. The van der Waals surface area contributed by atoms with E-state index < -0.39 is 0 Å². The van der Waals surface area contributed by atoms with E-state index in [1.54, 1.807) is 13.2 Å². The molecule has 1 N–H and O–H groups in total. The largest absolute Gasteiger partial charge is 0.497 e. The van der Waals surface area contributed by atoms with E-state index in [2.05, 4.69) is 20.9 Å². The molecule has 21 heavy (non-hydrogen) atoms. The Balaban J connectivity index is 2.36. The first kappa shape index (κ1) is 14.3. The fraction of sp³-hybridized carbons (Fsp3) is 0.133. The second-order valence-corrected chi connectivity index (χ2v) is 5.94. The van der Waals surface area contributed by atoms with Gasteiger partial charge in [0.2, 0.25) is 0 Å². The van der Waals surface area contributed by atoms with Gasteiger partial charge in [-0.3, -0.25) is 4.57 Å². The van der Waals surface area contributed by atoms with Gasteiger partial charge in [0, 0.05) is 6.07 Å². The van der Waals surface area contributed by atoms with Gasteiger partial charge in [0.25, 0.3) is 0 Å². The molecule has 6 heteroatoms. The maximum Gasteiger partial charge on any atom is 0.182 e. The number of hydrogen-bond donors (Lipinski definition) is 1. The van der Waals surface area contributed by atoms with Crippen molar-refractivity contribution in [3.05, 3.63) is 51.0 Å². The van der Waals surface area contributed by atoms with E-state index in [4.69, 9.17) is 17.0 Å². The van der Waals surface area contributed by atoms with Crippen molar-refractivity contribution >= 4 is 39.2 Å². The third-order valence-corrected chi connectivity index (χ3v) is 4.26. The van der Waals surface area contributed by atoms with E-state index in [0.29, 0.717) is 9.24 Å². The van der Waals surface area contributed by atoms with Crippen LogP contribution in [0.15, 0.2) is 34.8 Å². The van der Waals surface area contributed by atoms with Crippen molar-refractivity contribution in [2.45, 2.75) is 6.92 Å². The number of aromatic amines is 1. The number of ether oxygens (including phenoxy) is 1. The van der Waals surface area contributed by atoms with Crippen LogP contribution in [0.4, 0.5) is 4.39 Å². The number of H-pyrrole nitrogens is 1. The van der Waals surface area contributed by atoms with Crippen molar-refractivity contribution < 1.29 is 9.13 Å². The molecule has 0 radical (unpaired) electrons. The van der Waals surface area contributed by atoms with Crippen molar-refractivity contribution in [1.29, 1.82) is 0 Å². The summed E-state index contributed by atoms with van der Waals surface area (Å²) >= 11 is 8.63. The average molecular weight is 367 g/mol. The summed E-state index contributed by atoms with van der Waals surface area (Å²) in [6.45, 7) is 1.85. The Labute approximate surface area is 134 Å². The number of rotatable bonds is 2. The zero-order valence-corrected chi connectivity index (χ0v) is 13.8. The van der Waals surface area contributed by atoms with Gasteiger partial charge in [-0.2, -0.15) is 0 Å². The minimum Gasteiger partial charge on any atom is -0.497 e. The summed E-state index contributed by atoms with van der Waals surface area (Å²) in [6.07, 6.45) is 0. The highest BCUT2D eigenvalue weighted by molar-refractivity contribution is 9.10. The molecule has 0 saturated heterocycles. The van der Waals surface area contributed by atoms with Crippen LogP contribution < -0.4 is 4.74 Å². The highest BCUT2D eigenvalue weighted by Gasteiger charge is 2.12. The molecule has 0 fully saturated rings. The Morgan fingerprint density at radius 1 is 1.29 bits per heavy atom. The predicted octanol–water partition coefficient (Wildman–Crippen LogP) is 4.91. The number of aryl methyl sites for hydroxylation is 1. The van der Waals surface area contributed by atoms with Crippen LogP contribution >= 0.6 is 28.1 Å². The van der Waals surface area contributed by atoms with Gasteiger partial charge in [-0.1, -0.05) is 0 Å². The molecule has 0 aliphatic rings. The van der Waals surface area contributed by atoms with Crippen LogP contribution in [0.3, 0.4) is 0 Å². The third-order valence-electron chi connectivity index (χ3n) is 3.37. The van der Waals surface area contributed by atoms with Gasteiger partial charge >= 0.3 is 0 Å². The second kappa shape index (κ2) is 5.27. The van der Waals surface area contributed by atoms with Crippen molar-refractivity contribution in [3.63, 3.8) is 0 Å². The molecule has 3 rings (SSSR count). The lowest BCUT2D eigenvalue weighted by atomic mass is 10.2. The molecule has 0 amide bonds. The van der Waals surface area contributed by atoms with E-state index >= 15 is 0 Å². The molecular formula is C15H12BrFN2OS. The molecular weight excluding hydrogens is 355 g/mol. The molecule has 0 unspecified atom stereocenters. The first-order valence-corrected chi connectivity index (χ1v) is 7.46. The molecule has 0 atom stereocenters. The van der Waals surface area contributed by atoms with Crippen molar-refractivity contribution in [1.82, 2.24) is 9.55 Å². The average Bonchev–Trinajstić information content (AvgIpc) is 2.78. The van der Waals surface area contributed by atoms with Gasteiger partial charge in [-0.15, -0.1) is 0 Å². The normalized spacial score (nSPS) is 11.0. The summed E-state index contributed by atoms with van der Waals surface area (Å²) in [7, 11) is 1.62. The number of aromatic nitrogens is 2. The first-order valence-electron chi connectivity index (χ1n) is 6.26. The summed E-state index contributed by atoms with van der Waals surface area (Å²) in [5, 5.41) is 0. The van der Waals surface area contributed by atoms with Gasteiger partial charge in [-0.25, -0.2) is 4.39 Å². The van der Waals surface area contributed by atoms with Crippen LogP contribution in [0.2, 0.25) is 0 Å². The van der Waals surface area contributed by atoms with Gasteiger partial charge in [0.15, 0.2) is 4.77 Å². The number of benzene rings is 2. The van der Waals surface area contributed by atoms with E-state index in [1.807, 2.05) is 29.7 Å². The summed E-state index contributed by atoms with van der Waals surface area (Å²) in [6, 6.07) is 8.89. The molecule has 1 heterocycles. The lowest BCUT2D eigenvalue weighted by Crippen LogP contribution is -1.98. The van der Waals surface area contributed by atoms with Gasteiger partial charge < -0.3 is 9.72 Å². The molecule has 3 nitrogen and oxygen atoms in total. The Kier molecular flexibility index (Phi) is 3.59. The summed E-state index contributed by atoms with van der Waals surface area (Å²) in [5.41, 5.74) is 3.42. The lowest BCUT2D eigenvalue weighted by molar-refractivity contribution is 0.415. The monoisotopic (exact) mass is 366 g/mol. The molecule has 1 aromatic heterocycles. The molecule has 0 aliphatic carbocycles. The number of halogens is 2. The molecule has 0 bridgehead atoms. The second-order valence-electron chi connectivity index (χ2n) is 4.70. The minimum atomic E-state index is -0.291. The summed E-state index contributed by atoms with van der Waals surface area (Å²) in [4.78, 5) is 3.15. The summed E-state index contributed by atoms with van der Waals surface area (Å²) < 4.78 is 21.7. The van der Waals surface area contributed by atoms with Crippen molar-refractivity contribution in [3.8, 4) is 11.4 Å². The molecule has 108 valence electrons. The lowest BCUT2D eigenvalue weighted by Gasteiger charge is -2.10. The Morgan fingerprint density at radius 3 is 2.76 bits per heavy atom. The molecule has 0 aliphatic heterocycles. The zero-order chi connectivity index (χ0) is 15.1. The number of nitrogens with one attached hydrogen (secondary N) is 1. The smallest absolute Gasteiger partial charge is 0.182 e. The standard InChI is InChI=1S/C15H12BrFN2OS/c1-8-5-11(17)10(16)7-13(8)19-14-6-9(20-2)3-4-12(14)18-15(19)21/h3-7H,1-2H3,(H,18,21). The fourth-order valence-corrected chi connectivity index (χ4v) is 2.96.